The topological polar surface area (TPSA) is 82.1 Å². The molecule has 0 heterocycles. The second-order valence-corrected chi connectivity index (χ2v) is 6.93. The van der Waals surface area contributed by atoms with Crippen LogP contribution in [-0.2, 0) is 14.3 Å². The molecule has 0 radical (unpaired) electrons. The van der Waals surface area contributed by atoms with Crippen LogP contribution in [0.1, 0.15) is 52.2 Å². The van der Waals surface area contributed by atoms with Crippen LogP contribution in [0, 0.1) is 6.92 Å². The van der Waals surface area contributed by atoms with Gasteiger partial charge in [0.25, 0.3) is 0 Å². The standard InChI is InChI=1S/C23H30O6/c1-9-14(4)23(26)29-19(11-10-13(2)3)15(5)18-12-20(28-17(7)24)16(6)22(27-8)21(18)25/h9-10,12,19,25H,5,11H2,1-4,6-8H3. The molecule has 0 amide bonds. The number of hydrogen-bond donors (Lipinski definition) is 1. The maximum Gasteiger partial charge on any atom is 0.333 e. The molecule has 0 spiro atoms. The summed E-state index contributed by atoms with van der Waals surface area (Å²) in [5.74, 6) is -0.739. The van der Waals surface area contributed by atoms with Gasteiger partial charge in [0, 0.05) is 30.0 Å². The average Bonchev–Trinajstić information content (AvgIpc) is 2.65. The van der Waals surface area contributed by atoms with Crippen molar-refractivity contribution in [3.63, 3.8) is 0 Å². The molecule has 1 aromatic carbocycles. The first-order valence-corrected chi connectivity index (χ1v) is 9.28. The predicted octanol–water partition coefficient (Wildman–Crippen LogP) is 4.88. The van der Waals surface area contributed by atoms with E-state index in [0.717, 1.165) is 5.57 Å². The van der Waals surface area contributed by atoms with Crippen molar-refractivity contribution in [1.82, 2.24) is 0 Å². The fourth-order valence-corrected chi connectivity index (χ4v) is 2.59. The lowest BCUT2D eigenvalue weighted by atomic mass is 9.96. The molecule has 1 unspecified atom stereocenters. The number of hydrogen-bond acceptors (Lipinski definition) is 6. The van der Waals surface area contributed by atoms with E-state index in [-0.39, 0.29) is 22.8 Å². The van der Waals surface area contributed by atoms with Gasteiger partial charge < -0.3 is 19.3 Å². The summed E-state index contributed by atoms with van der Waals surface area (Å²) in [5, 5.41) is 10.7. The summed E-state index contributed by atoms with van der Waals surface area (Å²) in [4.78, 5) is 23.8. The molecule has 0 aliphatic heterocycles. The summed E-state index contributed by atoms with van der Waals surface area (Å²) in [7, 11) is 1.40. The molecule has 1 atom stereocenters. The molecular weight excluding hydrogens is 372 g/mol. The largest absolute Gasteiger partial charge is 0.504 e. The zero-order chi connectivity index (χ0) is 22.3. The third kappa shape index (κ3) is 6.24. The molecule has 29 heavy (non-hydrogen) atoms. The fraction of sp³-hybridized carbons (Fsp3) is 0.391. The van der Waals surface area contributed by atoms with Gasteiger partial charge in [-0.1, -0.05) is 24.3 Å². The van der Waals surface area contributed by atoms with Gasteiger partial charge in [0.05, 0.1) is 7.11 Å². The van der Waals surface area contributed by atoms with E-state index < -0.39 is 18.0 Å². The van der Waals surface area contributed by atoms with Gasteiger partial charge in [-0.05, 0) is 46.3 Å². The first-order chi connectivity index (χ1) is 13.5. The van der Waals surface area contributed by atoms with E-state index in [1.165, 1.54) is 20.1 Å². The number of rotatable bonds is 8. The van der Waals surface area contributed by atoms with Gasteiger partial charge in [0.15, 0.2) is 11.5 Å². The van der Waals surface area contributed by atoms with Gasteiger partial charge in [0.2, 0.25) is 0 Å². The Balaban J connectivity index is 3.48. The molecule has 6 nitrogen and oxygen atoms in total. The van der Waals surface area contributed by atoms with Gasteiger partial charge in [0.1, 0.15) is 11.9 Å². The minimum atomic E-state index is -0.726. The van der Waals surface area contributed by atoms with Crippen LogP contribution >= 0.6 is 0 Å². The molecule has 1 N–H and O–H groups in total. The lowest BCUT2D eigenvalue weighted by Gasteiger charge is -2.22. The Morgan fingerprint density at radius 3 is 2.34 bits per heavy atom. The van der Waals surface area contributed by atoms with Crippen molar-refractivity contribution < 1.29 is 28.9 Å². The second-order valence-electron chi connectivity index (χ2n) is 6.93. The van der Waals surface area contributed by atoms with Crippen molar-refractivity contribution in [2.24, 2.45) is 0 Å². The lowest BCUT2D eigenvalue weighted by molar-refractivity contribution is -0.141. The first-order valence-electron chi connectivity index (χ1n) is 9.28. The molecule has 0 aromatic heterocycles. The third-order valence-corrected chi connectivity index (χ3v) is 4.39. The molecule has 0 fully saturated rings. The number of benzene rings is 1. The van der Waals surface area contributed by atoms with E-state index in [4.69, 9.17) is 14.2 Å². The Kier molecular flexibility index (Phi) is 8.70. The summed E-state index contributed by atoms with van der Waals surface area (Å²) in [6.07, 6.45) is 3.23. The fourth-order valence-electron chi connectivity index (χ4n) is 2.59. The maximum atomic E-state index is 12.3. The Labute approximate surface area is 172 Å². The van der Waals surface area contributed by atoms with Crippen LogP contribution in [0.15, 0.2) is 35.9 Å². The quantitative estimate of drug-likeness (QED) is 0.289. The Bertz CT molecular complexity index is 857. The number of phenols is 1. The van der Waals surface area contributed by atoms with Crippen LogP contribution in [0.4, 0.5) is 0 Å². The van der Waals surface area contributed by atoms with Crippen molar-refractivity contribution in [3.8, 4) is 17.2 Å². The van der Waals surface area contributed by atoms with Crippen molar-refractivity contribution in [3.05, 3.63) is 47.1 Å². The van der Waals surface area contributed by atoms with Gasteiger partial charge in [-0.25, -0.2) is 4.79 Å². The van der Waals surface area contributed by atoms with E-state index in [0.29, 0.717) is 23.1 Å². The molecule has 1 aromatic rings. The van der Waals surface area contributed by atoms with Crippen LogP contribution in [0.2, 0.25) is 0 Å². The van der Waals surface area contributed by atoms with Gasteiger partial charge >= 0.3 is 11.9 Å². The molecular formula is C23H30O6. The van der Waals surface area contributed by atoms with E-state index >= 15 is 0 Å². The van der Waals surface area contributed by atoms with Crippen LogP contribution in [-0.4, -0.2) is 30.3 Å². The van der Waals surface area contributed by atoms with Crippen molar-refractivity contribution in [2.75, 3.05) is 7.11 Å². The van der Waals surface area contributed by atoms with Gasteiger partial charge in [-0.15, -0.1) is 0 Å². The van der Waals surface area contributed by atoms with E-state index in [9.17, 15) is 14.7 Å². The summed E-state index contributed by atoms with van der Waals surface area (Å²) in [6.45, 7) is 14.3. The highest BCUT2D eigenvalue weighted by Gasteiger charge is 2.25. The van der Waals surface area contributed by atoms with Crippen LogP contribution in [0.5, 0.6) is 17.2 Å². The molecule has 0 saturated carbocycles. The summed E-state index contributed by atoms with van der Waals surface area (Å²) in [6, 6.07) is 1.50. The van der Waals surface area contributed by atoms with E-state index in [1.54, 1.807) is 26.8 Å². The minimum Gasteiger partial charge on any atom is -0.504 e. The first kappa shape index (κ1) is 24.0. The number of esters is 2. The number of carbonyl (C=O) groups excluding carboxylic acids is 2. The predicted molar refractivity (Wildman–Crippen MR) is 113 cm³/mol. The van der Waals surface area contributed by atoms with Gasteiger partial charge in [-0.3, -0.25) is 4.79 Å². The number of phenolic OH excluding ortho intramolecular Hbond substituents is 1. The smallest absolute Gasteiger partial charge is 0.333 e. The monoisotopic (exact) mass is 402 g/mol. The lowest BCUT2D eigenvalue weighted by Crippen LogP contribution is -2.20. The minimum absolute atomic E-state index is 0.160. The number of methoxy groups -OCH3 is 1. The maximum absolute atomic E-state index is 12.3. The summed E-state index contributed by atoms with van der Waals surface area (Å²) >= 11 is 0. The molecule has 1 rings (SSSR count). The van der Waals surface area contributed by atoms with Crippen LogP contribution < -0.4 is 9.47 Å². The van der Waals surface area contributed by atoms with Crippen molar-refractivity contribution in [1.29, 1.82) is 0 Å². The number of aromatic hydroxyl groups is 1. The zero-order valence-corrected chi connectivity index (χ0v) is 18.2. The van der Waals surface area contributed by atoms with Crippen molar-refractivity contribution in [2.45, 2.75) is 54.1 Å². The van der Waals surface area contributed by atoms with Crippen molar-refractivity contribution >= 4 is 17.5 Å². The molecule has 158 valence electrons. The Morgan fingerprint density at radius 2 is 1.86 bits per heavy atom. The summed E-state index contributed by atoms with van der Waals surface area (Å²) in [5.41, 5.74) is 2.63. The second kappa shape index (κ2) is 10.5. The van der Waals surface area contributed by atoms with E-state index in [1.807, 2.05) is 19.9 Å². The number of allylic oxidation sites excluding steroid dienone is 2. The SMILES string of the molecule is C=C(c1cc(OC(C)=O)c(C)c(OC)c1O)C(CC=C(C)C)OC(=O)C(C)=CC. The Morgan fingerprint density at radius 1 is 1.24 bits per heavy atom. The Hall–Kier alpha value is -3.02. The highest BCUT2D eigenvalue weighted by atomic mass is 16.5. The number of ether oxygens (including phenoxy) is 3. The highest BCUT2D eigenvalue weighted by Crippen LogP contribution is 2.43. The molecule has 6 heteroatoms. The van der Waals surface area contributed by atoms with Gasteiger partial charge in [-0.2, -0.15) is 0 Å². The average molecular weight is 402 g/mol. The normalized spacial score (nSPS) is 12.0. The molecule has 0 aliphatic rings. The highest BCUT2D eigenvalue weighted by molar-refractivity contribution is 5.89. The zero-order valence-electron chi connectivity index (χ0n) is 18.2. The van der Waals surface area contributed by atoms with E-state index in [2.05, 4.69) is 6.58 Å². The van der Waals surface area contributed by atoms with Crippen LogP contribution in [0.25, 0.3) is 5.57 Å². The third-order valence-electron chi connectivity index (χ3n) is 4.39. The number of carbonyl (C=O) groups is 2. The molecule has 0 aliphatic carbocycles. The molecule has 0 bridgehead atoms. The molecule has 0 saturated heterocycles. The summed E-state index contributed by atoms with van der Waals surface area (Å²) < 4.78 is 16.2. The van der Waals surface area contributed by atoms with Crippen LogP contribution in [0.3, 0.4) is 0 Å².